The van der Waals surface area contributed by atoms with Crippen LogP contribution in [0.5, 0.6) is 0 Å². The summed E-state index contributed by atoms with van der Waals surface area (Å²) in [5.74, 6) is -2.93. The first-order valence-electron chi connectivity index (χ1n) is 10.9. The topological polar surface area (TPSA) is 98.2 Å². The van der Waals surface area contributed by atoms with Crippen molar-refractivity contribution in [3.05, 3.63) is 41.9 Å². The van der Waals surface area contributed by atoms with Gasteiger partial charge in [-0.3, -0.25) is 14.4 Å². The fourth-order valence-electron chi connectivity index (χ4n) is 5.57. The van der Waals surface area contributed by atoms with Crippen molar-refractivity contribution in [3.63, 3.8) is 0 Å². The molecule has 5 atom stereocenters. The lowest BCUT2D eigenvalue weighted by molar-refractivity contribution is -0.148. The number of aliphatic hydroxyl groups excluding tert-OH is 1. The second-order valence-corrected chi connectivity index (χ2v) is 10.6. The number of nitrogens with zero attached hydrogens (tertiary/aromatic N) is 2. The van der Waals surface area contributed by atoms with Crippen molar-refractivity contribution in [2.24, 2.45) is 11.8 Å². The number of unbranched alkanes of at least 4 members (excludes halogenated alkanes) is 1. The molecule has 0 saturated carbocycles. The zero-order chi connectivity index (χ0) is 23.0. The predicted molar refractivity (Wildman–Crippen MR) is 124 cm³/mol. The number of carbonyl (C=O) groups excluding carboxylic acids is 2. The normalized spacial score (nSPS) is 30.4. The maximum absolute atomic E-state index is 14.1. The smallest absolute Gasteiger partial charge is 0.308 e. The highest BCUT2D eigenvalue weighted by atomic mass is 35.5. The SMILES string of the molecule is C=CCN(C(=O)C1N(CCCCO)C(=O)[C@@H]2[C@H](C(=O)O)[C@@H]3CCC12S3)c1ccc(Cl)cc1. The number of aliphatic hydroxyl groups is 1. The number of benzene rings is 1. The lowest BCUT2D eigenvalue weighted by atomic mass is 9.71. The van der Waals surface area contributed by atoms with E-state index in [9.17, 15) is 24.6 Å². The molecule has 32 heavy (non-hydrogen) atoms. The second-order valence-electron chi connectivity index (χ2n) is 8.57. The summed E-state index contributed by atoms with van der Waals surface area (Å²) in [6.45, 7) is 4.35. The molecule has 1 aromatic carbocycles. The quantitative estimate of drug-likeness (QED) is 0.418. The standard InChI is InChI=1S/C23H27ClN2O5S/c1-2-11-25(15-7-5-14(24)6-8-15)21(29)19-23-10-9-16(32-23)17(22(30)31)18(23)20(28)26(19)12-3-4-13-27/h2,5-8,16-19,27H,1,3-4,9-13H2,(H,30,31)/t16-,17+,18-,19?,23?/m0/s1. The molecular formula is C23H27ClN2O5S. The summed E-state index contributed by atoms with van der Waals surface area (Å²) in [5, 5.41) is 19.5. The van der Waals surface area contributed by atoms with Crippen molar-refractivity contribution in [2.75, 3.05) is 24.6 Å². The summed E-state index contributed by atoms with van der Waals surface area (Å²) in [6, 6.07) is 6.16. The number of rotatable bonds is 9. The Morgan fingerprint density at radius 3 is 2.66 bits per heavy atom. The third kappa shape index (κ3) is 3.62. The number of carbonyl (C=O) groups is 3. The summed E-state index contributed by atoms with van der Waals surface area (Å²) in [4.78, 5) is 42.8. The zero-order valence-corrected chi connectivity index (χ0v) is 19.2. The minimum absolute atomic E-state index is 0.00282. The molecule has 2 amide bonds. The van der Waals surface area contributed by atoms with Crippen LogP contribution in [0.15, 0.2) is 36.9 Å². The van der Waals surface area contributed by atoms with Crippen LogP contribution in [-0.2, 0) is 14.4 Å². The Labute approximate surface area is 196 Å². The van der Waals surface area contributed by atoms with Crippen LogP contribution >= 0.6 is 23.4 Å². The van der Waals surface area contributed by atoms with E-state index < -0.39 is 28.6 Å². The van der Waals surface area contributed by atoms with E-state index in [0.717, 1.165) is 0 Å². The Morgan fingerprint density at radius 1 is 1.31 bits per heavy atom. The highest BCUT2D eigenvalue weighted by molar-refractivity contribution is 8.02. The molecule has 3 aliphatic rings. The zero-order valence-electron chi connectivity index (χ0n) is 17.7. The van der Waals surface area contributed by atoms with Gasteiger partial charge < -0.3 is 20.0 Å². The maximum Gasteiger partial charge on any atom is 0.308 e. The van der Waals surface area contributed by atoms with Gasteiger partial charge in [0.2, 0.25) is 5.91 Å². The first-order valence-corrected chi connectivity index (χ1v) is 12.1. The van der Waals surface area contributed by atoms with Crippen LogP contribution in [0.25, 0.3) is 0 Å². The van der Waals surface area contributed by atoms with E-state index in [2.05, 4.69) is 6.58 Å². The lowest BCUT2D eigenvalue weighted by Gasteiger charge is -2.37. The number of amides is 2. The molecule has 3 aliphatic heterocycles. The number of likely N-dealkylation sites (tertiary alicyclic amines) is 1. The maximum atomic E-state index is 14.1. The summed E-state index contributed by atoms with van der Waals surface area (Å²) < 4.78 is -0.743. The van der Waals surface area contributed by atoms with E-state index in [1.807, 2.05) is 0 Å². The van der Waals surface area contributed by atoms with E-state index >= 15 is 0 Å². The van der Waals surface area contributed by atoms with Crippen molar-refractivity contribution >= 4 is 46.8 Å². The van der Waals surface area contributed by atoms with Gasteiger partial charge in [0.05, 0.1) is 16.6 Å². The molecular weight excluding hydrogens is 452 g/mol. The van der Waals surface area contributed by atoms with Crippen LogP contribution in [0.4, 0.5) is 5.69 Å². The number of hydrogen-bond acceptors (Lipinski definition) is 5. The van der Waals surface area contributed by atoms with Crippen molar-refractivity contribution in [3.8, 4) is 0 Å². The molecule has 3 heterocycles. The Morgan fingerprint density at radius 2 is 2.03 bits per heavy atom. The van der Waals surface area contributed by atoms with Gasteiger partial charge >= 0.3 is 5.97 Å². The van der Waals surface area contributed by atoms with Gasteiger partial charge in [0, 0.05) is 35.7 Å². The van der Waals surface area contributed by atoms with Crippen molar-refractivity contribution in [1.82, 2.24) is 4.90 Å². The second kappa shape index (κ2) is 9.08. The summed E-state index contributed by atoms with van der Waals surface area (Å²) >= 11 is 7.54. The minimum Gasteiger partial charge on any atom is -0.481 e. The molecule has 1 aromatic rings. The molecule has 0 radical (unpaired) electrons. The van der Waals surface area contributed by atoms with Crippen molar-refractivity contribution < 1.29 is 24.6 Å². The lowest BCUT2D eigenvalue weighted by Crippen LogP contribution is -2.55. The Kier molecular flexibility index (Phi) is 6.56. The van der Waals surface area contributed by atoms with Crippen molar-refractivity contribution in [1.29, 1.82) is 0 Å². The fraction of sp³-hybridized carbons (Fsp3) is 0.522. The third-order valence-electron chi connectivity index (χ3n) is 6.84. The largest absolute Gasteiger partial charge is 0.481 e. The molecule has 4 rings (SSSR count). The number of halogens is 1. The van der Waals surface area contributed by atoms with Gasteiger partial charge in [-0.05, 0) is 49.9 Å². The molecule has 3 fully saturated rings. The van der Waals surface area contributed by atoms with Crippen LogP contribution in [0.2, 0.25) is 5.02 Å². The molecule has 3 saturated heterocycles. The summed E-state index contributed by atoms with van der Waals surface area (Å²) in [7, 11) is 0. The molecule has 2 unspecified atom stereocenters. The number of anilines is 1. The van der Waals surface area contributed by atoms with E-state index in [1.54, 1.807) is 40.1 Å². The highest BCUT2D eigenvalue weighted by Crippen LogP contribution is 2.66. The monoisotopic (exact) mass is 478 g/mol. The number of fused-ring (bicyclic) bond motifs is 1. The van der Waals surface area contributed by atoms with Crippen LogP contribution in [0.1, 0.15) is 25.7 Å². The molecule has 172 valence electrons. The first-order chi connectivity index (χ1) is 15.4. The van der Waals surface area contributed by atoms with Gasteiger partial charge in [-0.2, -0.15) is 0 Å². The molecule has 7 nitrogen and oxygen atoms in total. The molecule has 0 aliphatic carbocycles. The number of carboxylic acids is 1. The van der Waals surface area contributed by atoms with Crippen molar-refractivity contribution in [2.45, 2.75) is 41.7 Å². The van der Waals surface area contributed by atoms with Gasteiger partial charge in [0.25, 0.3) is 5.91 Å². The van der Waals surface area contributed by atoms with Crippen LogP contribution in [0, 0.1) is 11.8 Å². The fourth-order valence-corrected chi connectivity index (χ4v) is 7.90. The average molecular weight is 479 g/mol. The Balaban J connectivity index is 1.74. The van der Waals surface area contributed by atoms with Gasteiger partial charge in [-0.25, -0.2) is 0 Å². The summed E-state index contributed by atoms with van der Waals surface area (Å²) in [6.07, 6.45) is 4.00. The van der Waals surface area contributed by atoms with E-state index in [0.29, 0.717) is 42.9 Å². The van der Waals surface area contributed by atoms with Gasteiger partial charge in [-0.1, -0.05) is 17.7 Å². The number of aliphatic carboxylic acids is 1. The van der Waals surface area contributed by atoms with E-state index in [4.69, 9.17) is 11.6 Å². The average Bonchev–Trinajstić information content (AvgIpc) is 3.40. The van der Waals surface area contributed by atoms with Crippen LogP contribution in [-0.4, -0.2) is 68.6 Å². The van der Waals surface area contributed by atoms with Gasteiger partial charge in [0.15, 0.2) is 0 Å². The molecule has 9 heteroatoms. The van der Waals surface area contributed by atoms with Crippen LogP contribution in [0.3, 0.4) is 0 Å². The first kappa shape index (κ1) is 23.1. The Hall–Kier alpha value is -2.03. The number of carboxylic acid groups (broad SMARTS) is 1. The number of thioether (sulfide) groups is 1. The third-order valence-corrected chi connectivity index (χ3v) is 9.05. The molecule has 2 N–H and O–H groups in total. The molecule has 1 spiro atoms. The van der Waals surface area contributed by atoms with Gasteiger partial charge in [0.1, 0.15) is 6.04 Å². The predicted octanol–water partition coefficient (Wildman–Crippen LogP) is 2.81. The molecule has 2 bridgehead atoms. The minimum atomic E-state index is -0.966. The van der Waals surface area contributed by atoms with Gasteiger partial charge in [-0.15, -0.1) is 18.3 Å². The van der Waals surface area contributed by atoms with E-state index in [1.165, 1.54) is 11.8 Å². The highest BCUT2D eigenvalue weighted by Gasteiger charge is 2.73. The number of hydrogen-bond donors (Lipinski definition) is 2. The van der Waals surface area contributed by atoms with E-state index in [-0.39, 0.29) is 30.2 Å². The molecule has 0 aromatic heterocycles. The summed E-state index contributed by atoms with van der Waals surface area (Å²) in [5.41, 5.74) is 0.647. The Bertz CT molecular complexity index is 925. The van der Waals surface area contributed by atoms with Crippen LogP contribution < -0.4 is 4.90 Å².